The molecule has 5 nitrogen and oxygen atoms in total. The number of halogens is 3. The fourth-order valence-corrected chi connectivity index (χ4v) is 1.47. The van der Waals surface area contributed by atoms with Crippen LogP contribution in [0.1, 0.15) is 6.92 Å². The summed E-state index contributed by atoms with van der Waals surface area (Å²) in [5.41, 5.74) is 0.334. The maximum absolute atomic E-state index is 12.0. The Morgan fingerprint density at radius 3 is 2.40 bits per heavy atom. The third kappa shape index (κ3) is 5.35. The van der Waals surface area contributed by atoms with Gasteiger partial charge in [-0.25, -0.2) is 4.79 Å². The molecule has 0 atom stereocenters. The Balaban J connectivity index is 2.63. The van der Waals surface area contributed by atoms with Gasteiger partial charge >= 0.3 is 12.4 Å². The first-order valence-electron chi connectivity index (χ1n) is 5.88. The van der Waals surface area contributed by atoms with Gasteiger partial charge in [0.25, 0.3) is 0 Å². The molecule has 0 bridgehead atoms. The minimum atomic E-state index is -4.75. The summed E-state index contributed by atoms with van der Waals surface area (Å²) in [4.78, 5) is 13.1. The van der Waals surface area contributed by atoms with Gasteiger partial charge < -0.3 is 20.1 Å². The second kappa shape index (κ2) is 6.99. The Morgan fingerprint density at radius 1 is 1.35 bits per heavy atom. The van der Waals surface area contributed by atoms with E-state index in [4.69, 9.17) is 5.11 Å². The molecular formula is C12H15F3N2O3. The second-order valence-electron chi connectivity index (χ2n) is 3.81. The Kier molecular flexibility index (Phi) is 5.63. The molecule has 0 aromatic heterocycles. The van der Waals surface area contributed by atoms with Crippen LogP contribution >= 0.6 is 0 Å². The molecule has 20 heavy (non-hydrogen) atoms. The van der Waals surface area contributed by atoms with E-state index in [0.29, 0.717) is 12.2 Å². The normalized spacial score (nSPS) is 11.1. The lowest BCUT2D eigenvalue weighted by Gasteiger charge is -2.20. The van der Waals surface area contributed by atoms with Gasteiger partial charge in [0.1, 0.15) is 5.75 Å². The number of ether oxygens (including phenoxy) is 1. The van der Waals surface area contributed by atoms with Gasteiger partial charge in [0.2, 0.25) is 0 Å². The van der Waals surface area contributed by atoms with Gasteiger partial charge in [0, 0.05) is 18.8 Å². The maximum Gasteiger partial charge on any atom is 0.573 e. The van der Waals surface area contributed by atoms with E-state index >= 15 is 0 Å². The quantitative estimate of drug-likeness (QED) is 0.876. The van der Waals surface area contributed by atoms with Crippen LogP contribution in [-0.4, -0.2) is 42.1 Å². The third-order valence-corrected chi connectivity index (χ3v) is 2.38. The lowest BCUT2D eigenvalue weighted by atomic mass is 10.3. The van der Waals surface area contributed by atoms with E-state index in [2.05, 4.69) is 10.1 Å². The van der Waals surface area contributed by atoms with E-state index < -0.39 is 12.4 Å². The van der Waals surface area contributed by atoms with E-state index in [-0.39, 0.29) is 18.9 Å². The number of carbonyl (C=O) groups is 1. The molecule has 0 saturated carbocycles. The molecule has 1 aromatic rings. The fourth-order valence-electron chi connectivity index (χ4n) is 1.47. The van der Waals surface area contributed by atoms with Crippen LogP contribution in [0.4, 0.5) is 23.7 Å². The molecule has 0 fully saturated rings. The average molecular weight is 292 g/mol. The summed E-state index contributed by atoms with van der Waals surface area (Å²) in [6, 6.07) is 4.36. The number of carbonyl (C=O) groups excluding carboxylic acids is 1. The number of amides is 2. The molecule has 0 radical (unpaired) electrons. The number of urea groups is 1. The summed E-state index contributed by atoms with van der Waals surface area (Å²) in [7, 11) is 0. The number of hydrogen-bond acceptors (Lipinski definition) is 3. The van der Waals surface area contributed by atoms with Gasteiger partial charge in [-0.05, 0) is 31.2 Å². The number of benzene rings is 1. The minimum Gasteiger partial charge on any atom is -0.406 e. The van der Waals surface area contributed by atoms with Crippen molar-refractivity contribution in [2.45, 2.75) is 13.3 Å². The number of hydrogen-bond donors (Lipinski definition) is 2. The van der Waals surface area contributed by atoms with E-state index in [1.807, 2.05) is 0 Å². The SMILES string of the molecule is CCN(CCO)C(=O)Nc1ccc(OC(F)(F)F)cc1. The van der Waals surface area contributed by atoms with Crippen molar-refractivity contribution in [3.8, 4) is 5.75 Å². The Morgan fingerprint density at radius 2 is 1.95 bits per heavy atom. The second-order valence-corrected chi connectivity index (χ2v) is 3.81. The highest BCUT2D eigenvalue weighted by Crippen LogP contribution is 2.23. The average Bonchev–Trinajstić information content (AvgIpc) is 2.36. The molecule has 0 aliphatic heterocycles. The van der Waals surface area contributed by atoms with Crippen molar-refractivity contribution in [3.05, 3.63) is 24.3 Å². The Bertz CT molecular complexity index is 435. The van der Waals surface area contributed by atoms with Gasteiger partial charge in [-0.15, -0.1) is 13.2 Å². The first-order chi connectivity index (χ1) is 9.35. The number of likely N-dealkylation sites (N-methyl/N-ethyl adjacent to an activating group) is 1. The summed E-state index contributed by atoms with van der Waals surface area (Å²) in [5, 5.41) is 11.3. The molecule has 1 aromatic carbocycles. The van der Waals surface area contributed by atoms with Crippen LogP contribution in [0.3, 0.4) is 0 Å². The Labute approximate surface area is 113 Å². The molecule has 0 aliphatic rings. The van der Waals surface area contributed by atoms with Gasteiger partial charge in [-0.2, -0.15) is 0 Å². The van der Waals surface area contributed by atoms with Crippen molar-refractivity contribution >= 4 is 11.7 Å². The van der Waals surface area contributed by atoms with E-state index in [1.54, 1.807) is 6.92 Å². The highest BCUT2D eigenvalue weighted by Gasteiger charge is 2.30. The summed E-state index contributed by atoms with van der Waals surface area (Å²) in [6.45, 7) is 2.16. The highest BCUT2D eigenvalue weighted by molar-refractivity contribution is 5.89. The van der Waals surface area contributed by atoms with Crippen LogP contribution in [0, 0.1) is 0 Å². The number of nitrogens with one attached hydrogen (secondary N) is 1. The number of aliphatic hydroxyl groups is 1. The van der Waals surface area contributed by atoms with Crippen LogP contribution in [0.25, 0.3) is 0 Å². The van der Waals surface area contributed by atoms with E-state index in [9.17, 15) is 18.0 Å². The van der Waals surface area contributed by atoms with Gasteiger partial charge in [-0.1, -0.05) is 0 Å². The lowest BCUT2D eigenvalue weighted by molar-refractivity contribution is -0.274. The zero-order valence-electron chi connectivity index (χ0n) is 10.8. The topological polar surface area (TPSA) is 61.8 Å². The highest BCUT2D eigenvalue weighted by atomic mass is 19.4. The molecule has 0 heterocycles. The Hall–Kier alpha value is -1.96. The van der Waals surface area contributed by atoms with E-state index in [0.717, 1.165) is 12.1 Å². The number of rotatable bonds is 5. The molecule has 2 N–H and O–H groups in total. The van der Waals surface area contributed by atoms with Crippen molar-refractivity contribution in [1.29, 1.82) is 0 Å². The zero-order valence-corrected chi connectivity index (χ0v) is 10.8. The van der Waals surface area contributed by atoms with Crippen LogP contribution in [-0.2, 0) is 0 Å². The third-order valence-electron chi connectivity index (χ3n) is 2.38. The van der Waals surface area contributed by atoms with Crippen molar-refractivity contribution in [1.82, 2.24) is 4.90 Å². The van der Waals surface area contributed by atoms with Crippen LogP contribution in [0.5, 0.6) is 5.75 Å². The van der Waals surface area contributed by atoms with Crippen LogP contribution < -0.4 is 10.1 Å². The number of nitrogens with zero attached hydrogens (tertiary/aromatic N) is 1. The minimum absolute atomic E-state index is 0.167. The first-order valence-corrected chi connectivity index (χ1v) is 5.88. The zero-order chi connectivity index (χ0) is 15.2. The first kappa shape index (κ1) is 16.1. The number of alkyl halides is 3. The van der Waals surface area contributed by atoms with Gasteiger partial charge in [-0.3, -0.25) is 0 Å². The molecule has 0 saturated heterocycles. The molecule has 0 unspecified atom stereocenters. The number of aliphatic hydroxyl groups excluding tert-OH is 1. The van der Waals surface area contributed by atoms with Crippen LogP contribution in [0.15, 0.2) is 24.3 Å². The summed E-state index contributed by atoms with van der Waals surface area (Å²) in [5.74, 6) is -0.363. The predicted molar refractivity (Wildman–Crippen MR) is 66.5 cm³/mol. The molecule has 2 amide bonds. The monoisotopic (exact) mass is 292 g/mol. The molecule has 8 heteroatoms. The standard InChI is InChI=1S/C12H15F3N2O3/c1-2-17(7-8-18)11(19)16-9-3-5-10(6-4-9)20-12(13,14)15/h3-6,18H,2,7-8H2,1H3,(H,16,19). The predicted octanol–water partition coefficient (Wildman–Crippen LogP) is 2.43. The molecule has 0 spiro atoms. The van der Waals surface area contributed by atoms with Crippen LogP contribution in [0.2, 0.25) is 0 Å². The molecule has 112 valence electrons. The van der Waals surface area contributed by atoms with Crippen molar-refractivity contribution in [2.24, 2.45) is 0 Å². The number of anilines is 1. The van der Waals surface area contributed by atoms with Gasteiger partial charge in [0.15, 0.2) is 0 Å². The smallest absolute Gasteiger partial charge is 0.406 e. The molecule has 1 rings (SSSR count). The molecule has 0 aliphatic carbocycles. The van der Waals surface area contributed by atoms with E-state index in [1.165, 1.54) is 17.0 Å². The summed E-state index contributed by atoms with van der Waals surface area (Å²) in [6.07, 6.45) is -4.75. The fraction of sp³-hybridized carbons (Fsp3) is 0.417. The summed E-state index contributed by atoms with van der Waals surface area (Å²) >= 11 is 0. The summed E-state index contributed by atoms with van der Waals surface area (Å²) < 4.78 is 39.6. The van der Waals surface area contributed by atoms with Crippen molar-refractivity contribution < 1.29 is 27.8 Å². The maximum atomic E-state index is 12.0. The largest absolute Gasteiger partial charge is 0.573 e. The molecular weight excluding hydrogens is 277 g/mol. The van der Waals surface area contributed by atoms with Gasteiger partial charge in [0.05, 0.1) is 6.61 Å². The van der Waals surface area contributed by atoms with Crippen molar-refractivity contribution in [3.63, 3.8) is 0 Å². The van der Waals surface area contributed by atoms with Crippen molar-refractivity contribution in [2.75, 3.05) is 25.0 Å². The lowest BCUT2D eigenvalue weighted by Crippen LogP contribution is -2.36.